The van der Waals surface area contributed by atoms with Crippen LogP contribution in [0.4, 0.5) is 5.69 Å². The van der Waals surface area contributed by atoms with Crippen LogP contribution in [0.1, 0.15) is 31.1 Å². The number of nitrogens with two attached hydrogens (primary N) is 1. The molecule has 20 heavy (non-hydrogen) atoms. The third-order valence-corrected chi connectivity index (χ3v) is 2.57. The van der Waals surface area contributed by atoms with Gasteiger partial charge in [0.05, 0.1) is 5.92 Å². The van der Waals surface area contributed by atoms with Crippen molar-refractivity contribution in [2.75, 3.05) is 5.32 Å². The van der Waals surface area contributed by atoms with E-state index >= 15 is 0 Å². The number of anilines is 1. The summed E-state index contributed by atoms with van der Waals surface area (Å²) in [5.41, 5.74) is 5.96. The summed E-state index contributed by atoms with van der Waals surface area (Å²) in [4.78, 5) is 34.1. The van der Waals surface area contributed by atoms with Crippen molar-refractivity contribution in [3.8, 4) is 0 Å². The fourth-order valence-electron chi connectivity index (χ4n) is 1.33. The van der Waals surface area contributed by atoms with Crippen molar-refractivity contribution in [2.24, 2.45) is 11.7 Å². The maximum atomic E-state index is 11.8. The number of hydrogen-bond donors (Lipinski definition) is 2. The molecule has 1 atom stereocenters. The first-order valence-corrected chi connectivity index (χ1v) is 6.22. The van der Waals surface area contributed by atoms with Gasteiger partial charge in [0, 0.05) is 11.3 Å². The molecule has 1 aromatic rings. The van der Waals surface area contributed by atoms with Crippen LogP contribution in [0.15, 0.2) is 24.3 Å². The molecule has 1 rings (SSSR count). The standard InChI is InChI=1S/C14H18N2O4/c1-8(2)14(19)20-9(3)13(18)16-11-6-4-10(5-7-11)12(15)17/h4-9H,1-3H3,(H2,15,17)(H,16,18)/t9-/m1/s1. The second kappa shape index (κ2) is 6.70. The molecule has 0 aliphatic heterocycles. The average Bonchev–Trinajstić information content (AvgIpc) is 2.38. The van der Waals surface area contributed by atoms with Crippen LogP contribution in [-0.2, 0) is 14.3 Å². The average molecular weight is 278 g/mol. The molecular formula is C14H18N2O4. The highest BCUT2D eigenvalue weighted by Gasteiger charge is 2.19. The van der Waals surface area contributed by atoms with E-state index in [4.69, 9.17) is 10.5 Å². The Morgan fingerprint density at radius 3 is 2.10 bits per heavy atom. The molecule has 0 aromatic heterocycles. The number of ether oxygens (including phenoxy) is 1. The van der Waals surface area contributed by atoms with Crippen molar-refractivity contribution in [1.29, 1.82) is 0 Å². The summed E-state index contributed by atoms with van der Waals surface area (Å²) in [5, 5.41) is 2.58. The Balaban J connectivity index is 2.61. The van der Waals surface area contributed by atoms with Gasteiger partial charge in [-0.1, -0.05) is 13.8 Å². The molecule has 2 amide bonds. The number of carbonyl (C=O) groups excluding carboxylic acids is 3. The van der Waals surface area contributed by atoms with Crippen LogP contribution in [0, 0.1) is 5.92 Å². The molecular weight excluding hydrogens is 260 g/mol. The highest BCUT2D eigenvalue weighted by Crippen LogP contribution is 2.10. The lowest BCUT2D eigenvalue weighted by Gasteiger charge is -2.14. The summed E-state index contributed by atoms with van der Waals surface area (Å²) in [5.74, 6) is -1.70. The highest BCUT2D eigenvalue weighted by molar-refractivity contribution is 5.96. The Kier molecular flexibility index (Phi) is 5.25. The van der Waals surface area contributed by atoms with E-state index in [9.17, 15) is 14.4 Å². The Labute approximate surface area is 117 Å². The molecule has 6 heteroatoms. The van der Waals surface area contributed by atoms with E-state index in [1.807, 2.05) is 0 Å². The lowest BCUT2D eigenvalue weighted by molar-refractivity contribution is -0.156. The first-order chi connectivity index (χ1) is 9.31. The third kappa shape index (κ3) is 4.38. The summed E-state index contributed by atoms with van der Waals surface area (Å²) < 4.78 is 4.98. The number of benzene rings is 1. The molecule has 108 valence electrons. The predicted octanol–water partition coefficient (Wildman–Crippen LogP) is 1.31. The zero-order valence-corrected chi connectivity index (χ0v) is 11.7. The fraction of sp³-hybridized carbons (Fsp3) is 0.357. The van der Waals surface area contributed by atoms with Gasteiger partial charge >= 0.3 is 5.97 Å². The van der Waals surface area contributed by atoms with Gasteiger partial charge in [-0.3, -0.25) is 14.4 Å². The van der Waals surface area contributed by atoms with Crippen molar-refractivity contribution in [3.63, 3.8) is 0 Å². The number of esters is 1. The number of hydrogen-bond acceptors (Lipinski definition) is 4. The Morgan fingerprint density at radius 2 is 1.65 bits per heavy atom. The first-order valence-electron chi connectivity index (χ1n) is 6.22. The van der Waals surface area contributed by atoms with Crippen LogP contribution in [-0.4, -0.2) is 23.9 Å². The first kappa shape index (κ1) is 15.7. The van der Waals surface area contributed by atoms with Crippen LogP contribution in [0.2, 0.25) is 0 Å². The van der Waals surface area contributed by atoms with Gasteiger partial charge in [0.1, 0.15) is 0 Å². The summed E-state index contributed by atoms with van der Waals surface area (Å²) in [6, 6.07) is 6.11. The van der Waals surface area contributed by atoms with E-state index in [-0.39, 0.29) is 5.92 Å². The monoisotopic (exact) mass is 278 g/mol. The zero-order valence-electron chi connectivity index (χ0n) is 11.7. The van der Waals surface area contributed by atoms with E-state index in [1.54, 1.807) is 26.0 Å². The van der Waals surface area contributed by atoms with Crippen molar-refractivity contribution in [2.45, 2.75) is 26.9 Å². The largest absolute Gasteiger partial charge is 0.452 e. The smallest absolute Gasteiger partial charge is 0.309 e. The maximum Gasteiger partial charge on any atom is 0.309 e. The maximum absolute atomic E-state index is 11.8. The minimum atomic E-state index is -0.888. The van der Waals surface area contributed by atoms with Crippen molar-refractivity contribution in [3.05, 3.63) is 29.8 Å². The SMILES string of the molecule is CC(C)C(=O)O[C@H](C)C(=O)Nc1ccc(C(N)=O)cc1. The molecule has 0 radical (unpaired) electrons. The molecule has 0 aliphatic rings. The molecule has 3 N–H and O–H groups in total. The van der Waals surface area contributed by atoms with E-state index in [0.29, 0.717) is 11.3 Å². The van der Waals surface area contributed by atoms with Gasteiger partial charge in [0.2, 0.25) is 5.91 Å². The van der Waals surface area contributed by atoms with Crippen molar-refractivity contribution >= 4 is 23.5 Å². The van der Waals surface area contributed by atoms with Crippen molar-refractivity contribution in [1.82, 2.24) is 0 Å². The molecule has 0 spiro atoms. The number of primary amides is 1. The van der Waals surface area contributed by atoms with E-state index < -0.39 is 23.9 Å². The van der Waals surface area contributed by atoms with Gasteiger partial charge in [0.25, 0.3) is 5.91 Å². The quantitative estimate of drug-likeness (QED) is 0.793. The Hall–Kier alpha value is -2.37. The Morgan fingerprint density at radius 1 is 1.10 bits per heavy atom. The second-order valence-electron chi connectivity index (χ2n) is 4.66. The molecule has 1 aromatic carbocycles. The topological polar surface area (TPSA) is 98.5 Å². The third-order valence-electron chi connectivity index (χ3n) is 2.57. The highest BCUT2D eigenvalue weighted by atomic mass is 16.5. The molecule has 0 aliphatic carbocycles. The van der Waals surface area contributed by atoms with Gasteiger partial charge in [-0.2, -0.15) is 0 Å². The van der Waals surface area contributed by atoms with E-state index in [2.05, 4.69) is 5.32 Å². The number of carbonyl (C=O) groups is 3. The molecule has 0 unspecified atom stereocenters. The van der Waals surface area contributed by atoms with E-state index in [1.165, 1.54) is 19.1 Å². The predicted molar refractivity (Wildman–Crippen MR) is 74.0 cm³/mol. The second-order valence-corrected chi connectivity index (χ2v) is 4.66. The number of rotatable bonds is 5. The summed E-state index contributed by atoms with van der Waals surface area (Å²) in [6.07, 6.45) is -0.888. The van der Waals surface area contributed by atoms with Crippen LogP contribution < -0.4 is 11.1 Å². The molecule has 0 fully saturated rings. The van der Waals surface area contributed by atoms with Crippen LogP contribution in [0.3, 0.4) is 0 Å². The molecule has 0 bridgehead atoms. The lowest BCUT2D eigenvalue weighted by Crippen LogP contribution is -2.31. The van der Waals surface area contributed by atoms with Crippen LogP contribution >= 0.6 is 0 Å². The van der Waals surface area contributed by atoms with Crippen molar-refractivity contribution < 1.29 is 19.1 Å². The lowest BCUT2D eigenvalue weighted by atomic mass is 10.2. The zero-order chi connectivity index (χ0) is 15.3. The molecule has 0 heterocycles. The van der Waals surface area contributed by atoms with Gasteiger partial charge in [-0.25, -0.2) is 0 Å². The van der Waals surface area contributed by atoms with Gasteiger partial charge in [-0.15, -0.1) is 0 Å². The van der Waals surface area contributed by atoms with E-state index in [0.717, 1.165) is 0 Å². The normalized spacial score (nSPS) is 11.8. The number of amides is 2. The molecule has 6 nitrogen and oxygen atoms in total. The minimum absolute atomic E-state index is 0.292. The summed E-state index contributed by atoms with van der Waals surface area (Å²) in [6.45, 7) is 4.87. The summed E-state index contributed by atoms with van der Waals surface area (Å²) >= 11 is 0. The van der Waals surface area contributed by atoms with Gasteiger partial charge < -0.3 is 15.8 Å². The molecule has 0 saturated carbocycles. The molecule has 0 saturated heterocycles. The van der Waals surface area contributed by atoms with Crippen LogP contribution in [0.25, 0.3) is 0 Å². The van der Waals surface area contributed by atoms with Crippen LogP contribution in [0.5, 0.6) is 0 Å². The van der Waals surface area contributed by atoms with Gasteiger partial charge in [-0.05, 0) is 31.2 Å². The minimum Gasteiger partial charge on any atom is -0.452 e. The number of nitrogens with one attached hydrogen (secondary N) is 1. The fourth-order valence-corrected chi connectivity index (χ4v) is 1.33. The summed E-state index contributed by atoms with van der Waals surface area (Å²) in [7, 11) is 0. The van der Waals surface area contributed by atoms with Gasteiger partial charge in [0.15, 0.2) is 6.10 Å². The Bertz CT molecular complexity index is 508.